The van der Waals surface area contributed by atoms with Gasteiger partial charge in [-0.15, -0.1) is 0 Å². The van der Waals surface area contributed by atoms with Gasteiger partial charge in [0.25, 0.3) is 6.26 Å². The molecule has 0 bridgehead atoms. The van der Waals surface area contributed by atoms with Crippen molar-refractivity contribution in [1.29, 1.82) is 5.26 Å². The fraction of sp³-hybridized carbons (Fsp3) is 0.500. The van der Waals surface area contributed by atoms with Crippen molar-refractivity contribution in [1.82, 2.24) is 0 Å². The quantitative estimate of drug-likeness (QED) is 0.488. The summed E-state index contributed by atoms with van der Waals surface area (Å²) in [6.45, 7) is 2.06. The maximum Gasteiger partial charge on any atom is 0.404 e. The second-order valence-electron chi connectivity index (χ2n) is 0.852. The zero-order valence-corrected chi connectivity index (χ0v) is 5.00. The Morgan fingerprint density at radius 2 is 2.33 bits per heavy atom. The van der Waals surface area contributed by atoms with Gasteiger partial charge in [0.05, 0.1) is 6.61 Å². The van der Waals surface area contributed by atoms with Crippen LogP contribution < -0.4 is 5.73 Å². The Hall–Kier alpha value is -1.44. The summed E-state index contributed by atoms with van der Waals surface area (Å²) in [5.74, 6) is 0. The maximum absolute atomic E-state index is 9.60. The lowest BCUT2D eigenvalue weighted by molar-refractivity contribution is 0.163. The number of rotatable bonds is 1. The highest BCUT2D eigenvalue weighted by molar-refractivity contribution is 5.64. The lowest BCUT2D eigenvalue weighted by Crippen LogP contribution is -2.11. The number of aliphatic hydroxyl groups excluding tert-OH is 1. The Morgan fingerprint density at radius 3 is 2.33 bits per heavy atom. The zero-order chi connectivity index (χ0) is 7.70. The number of carbonyl (C=O) groups excluding carboxylic acids is 1. The van der Waals surface area contributed by atoms with Gasteiger partial charge in [0.2, 0.25) is 0 Å². The van der Waals surface area contributed by atoms with Crippen LogP contribution in [0.2, 0.25) is 0 Å². The van der Waals surface area contributed by atoms with Crippen LogP contribution in [0.5, 0.6) is 0 Å². The standard InChI is InChI=1S/C3H7NO2.CHNO/c1-2-6-3(4)5;2-1-3/h2H2,1H3,(H2,4,5);3H. The van der Waals surface area contributed by atoms with Crippen molar-refractivity contribution in [2.45, 2.75) is 6.92 Å². The second-order valence-corrected chi connectivity index (χ2v) is 0.852. The van der Waals surface area contributed by atoms with Crippen LogP contribution in [0.1, 0.15) is 6.92 Å². The third-order valence-electron chi connectivity index (χ3n) is 0.287. The van der Waals surface area contributed by atoms with Crippen molar-refractivity contribution in [3.63, 3.8) is 0 Å². The molecular formula is C4H8N2O3. The van der Waals surface area contributed by atoms with Crippen molar-refractivity contribution >= 4 is 6.09 Å². The molecule has 0 aromatic rings. The molecule has 0 spiro atoms. The highest BCUT2D eigenvalue weighted by atomic mass is 16.5. The van der Waals surface area contributed by atoms with Crippen molar-refractivity contribution in [3.05, 3.63) is 0 Å². The van der Waals surface area contributed by atoms with Crippen LogP contribution in [0.4, 0.5) is 4.79 Å². The average molecular weight is 132 g/mol. The van der Waals surface area contributed by atoms with Crippen molar-refractivity contribution in [2.75, 3.05) is 6.61 Å². The molecule has 1 amide bonds. The van der Waals surface area contributed by atoms with Gasteiger partial charge < -0.3 is 15.6 Å². The van der Waals surface area contributed by atoms with E-state index >= 15 is 0 Å². The number of amides is 1. The van der Waals surface area contributed by atoms with E-state index in [4.69, 9.17) is 10.4 Å². The van der Waals surface area contributed by atoms with Crippen LogP contribution >= 0.6 is 0 Å². The molecule has 52 valence electrons. The van der Waals surface area contributed by atoms with Crippen molar-refractivity contribution in [3.8, 4) is 6.26 Å². The van der Waals surface area contributed by atoms with Crippen LogP contribution in [-0.4, -0.2) is 17.8 Å². The summed E-state index contributed by atoms with van der Waals surface area (Å²) in [6.07, 6.45) is 0.0394. The summed E-state index contributed by atoms with van der Waals surface area (Å²) in [4.78, 5) is 9.60. The number of nitriles is 1. The Labute approximate surface area is 52.6 Å². The molecular weight excluding hydrogens is 124 g/mol. The largest absolute Gasteiger partial charge is 0.450 e. The van der Waals surface area contributed by atoms with E-state index in [-0.39, 0.29) is 0 Å². The molecule has 0 saturated heterocycles. The Balaban J connectivity index is 0. The van der Waals surface area contributed by atoms with E-state index in [0.717, 1.165) is 6.26 Å². The first-order valence-electron chi connectivity index (χ1n) is 2.14. The first kappa shape index (κ1) is 10.5. The number of nitrogens with zero attached hydrogens (tertiary/aromatic N) is 1. The monoisotopic (exact) mass is 132 g/mol. The molecule has 0 heterocycles. The molecule has 0 atom stereocenters. The second kappa shape index (κ2) is 9.75. The van der Waals surface area contributed by atoms with Gasteiger partial charge in [-0.25, -0.2) is 4.79 Å². The molecule has 0 unspecified atom stereocenters. The van der Waals surface area contributed by atoms with Gasteiger partial charge in [0.15, 0.2) is 0 Å². The smallest absolute Gasteiger partial charge is 0.404 e. The lowest BCUT2D eigenvalue weighted by Gasteiger charge is -1.89. The zero-order valence-electron chi connectivity index (χ0n) is 5.00. The predicted molar refractivity (Wildman–Crippen MR) is 28.8 cm³/mol. The van der Waals surface area contributed by atoms with Crippen LogP contribution in [0.25, 0.3) is 0 Å². The molecule has 3 N–H and O–H groups in total. The van der Waals surface area contributed by atoms with Crippen molar-refractivity contribution in [2.24, 2.45) is 5.73 Å². The summed E-state index contributed by atoms with van der Waals surface area (Å²) in [7, 11) is 0. The molecule has 0 rings (SSSR count). The number of primary amides is 1. The minimum absolute atomic E-state index is 0.356. The Bertz CT molecular complexity index is 107. The molecule has 9 heavy (non-hydrogen) atoms. The van der Waals surface area contributed by atoms with Crippen molar-refractivity contribution < 1.29 is 14.6 Å². The molecule has 0 aliphatic carbocycles. The SMILES string of the molecule is CCOC(N)=O.N#CO. The van der Waals surface area contributed by atoms with Gasteiger partial charge in [-0.05, 0) is 6.92 Å². The third kappa shape index (κ3) is 56.1. The first-order chi connectivity index (χ1) is 4.18. The average Bonchev–Trinajstić information content (AvgIpc) is 1.67. The highest BCUT2D eigenvalue weighted by Crippen LogP contribution is 1.66. The van der Waals surface area contributed by atoms with E-state index in [1.807, 2.05) is 0 Å². The molecule has 0 aliphatic rings. The van der Waals surface area contributed by atoms with Gasteiger partial charge in [-0.1, -0.05) is 0 Å². The topological polar surface area (TPSA) is 96.3 Å². The normalized spacial score (nSPS) is 5.78. The number of ether oxygens (including phenoxy) is 1. The number of hydrogen-bond donors (Lipinski definition) is 2. The summed E-state index contributed by atoms with van der Waals surface area (Å²) in [5, 5.41) is 13.8. The molecule has 0 aromatic carbocycles. The molecule has 5 heteroatoms. The van der Waals surface area contributed by atoms with E-state index in [1.54, 1.807) is 6.92 Å². The van der Waals surface area contributed by atoms with Crippen LogP contribution in [-0.2, 0) is 4.74 Å². The van der Waals surface area contributed by atoms with E-state index in [1.165, 1.54) is 0 Å². The van der Waals surface area contributed by atoms with Gasteiger partial charge in [0.1, 0.15) is 0 Å². The molecule has 0 aliphatic heterocycles. The fourth-order valence-corrected chi connectivity index (χ4v) is 0.142. The van der Waals surface area contributed by atoms with Gasteiger partial charge >= 0.3 is 6.09 Å². The molecule has 0 radical (unpaired) electrons. The summed E-state index contributed by atoms with van der Waals surface area (Å²) >= 11 is 0. The number of aliphatic hydroxyl groups is 1. The van der Waals surface area contributed by atoms with Crippen LogP contribution in [0, 0.1) is 11.5 Å². The fourth-order valence-electron chi connectivity index (χ4n) is 0.142. The molecule has 0 aromatic heterocycles. The number of nitrogens with two attached hydrogens (primary N) is 1. The van der Waals surface area contributed by atoms with Gasteiger partial charge in [-0.3, -0.25) is 0 Å². The Kier molecular flexibility index (Phi) is 11.4. The number of hydrogen-bond acceptors (Lipinski definition) is 4. The highest BCUT2D eigenvalue weighted by Gasteiger charge is 1.82. The summed E-state index contributed by atoms with van der Waals surface area (Å²) < 4.78 is 4.18. The number of carbonyl (C=O) groups is 1. The van der Waals surface area contributed by atoms with E-state index in [9.17, 15) is 4.79 Å². The summed E-state index contributed by atoms with van der Waals surface area (Å²) in [6, 6.07) is 0. The van der Waals surface area contributed by atoms with Crippen LogP contribution in [0.3, 0.4) is 0 Å². The summed E-state index contributed by atoms with van der Waals surface area (Å²) in [5.41, 5.74) is 4.54. The predicted octanol–water partition coefficient (Wildman–Crippen LogP) is -0.0584. The third-order valence-corrected chi connectivity index (χ3v) is 0.287. The minimum Gasteiger partial charge on any atom is -0.450 e. The molecule has 0 saturated carbocycles. The maximum atomic E-state index is 9.60. The Morgan fingerprint density at radius 1 is 2.00 bits per heavy atom. The molecule has 0 fully saturated rings. The van der Waals surface area contributed by atoms with E-state index < -0.39 is 6.09 Å². The lowest BCUT2D eigenvalue weighted by atomic mass is 10.9. The first-order valence-corrected chi connectivity index (χ1v) is 2.14. The van der Waals surface area contributed by atoms with E-state index in [0.29, 0.717) is 6.61 Å². The minimum atomic E-state index is -0.711. The molecule has 5 nitrogen and oxygen atoms in total. The van der Waals surface area contributed by atoms with Gasteiger partial charge in [-0.2, -0.15) is 5.26 Å². The van der Waals surface area contributed by atoms with E-state index in [2.05, 4.69) is 10.5 Å². The van der Waals surface area contributed by atoms with Gasteiger partial charge in [0, 0.05) is 0 Å². The van der Waals surface area contributed by atoms with Crippen LogP contribution in [0.15, 0.2) is 0 Å².